The summed E-state index contributed by atoms with van der Waals surface area (Å²) in [6.07, 6.45) is 1.91. The highest BCUT2D eigenvalue weighted by molar-refractivity contribution is 6.30. The van der Waals surface area contributed by atoms with Crippen molar-refractivity contribution < 1.29 is 4.74 Å². The molecule has 2 N–H and O–H groups in total. The van der Waals surface area contributed by atoms with Crippen molar-refractivity contribution in [1.29, 1.82) is 0 Å². The van der Waals surface area contributed by atoms with Gasteiger partial charge in [0, 0.05) is 5.02 Å². The zero-order valence-corrected chi connectivity index (χ0v) is 13.4. The Morgan fingerprint density at radius 3 is 2.48 bits per heavy atom. The van der Waals surface area contributed by atoms with E-state index in [4.69, 9.17) is 22.1 Å². The summed E-state index contributed by atoms with van der Waals surface area (Å²) in [6, 6.07) is 13.9. The van der Waals surface area contributed by atoms with Gasteiger partial charge in [0.2, 0.25) is 0 Å². The van der Waals surface area contributed by atoms with Gasteiger partial charge >= 0.3 is 0 Å². The van der Waals surface area contributed by atoms with E-state index in [1.165, 1.54) is 5.56 Å². The minimum atomic E-state index is 0.568. The number of hydrogen-bond donors (Lipinski definition) is 1. The summed E-state index contributed by atoms with van der Waals surface area (Å²) in [7, 11) is 0. The van der Waals surface area contributed by atoms with E-state index in [-0.39, 0.29) is 0 Å². The van der Waals surface area contributed by atoms with Gasteiger partial charge < -0.3 is 10.5 Å². The predicted molar refractivity (Wildman–Crippen MR) is 89.4 cm³/mol. The van der Waals surface area contributed by atoms with Crippen LogP contribution in [0.15, 0.2) is 42.5 Å². The van der Waals surface area contributed by atoms with Crippen molar-refractivity contribution in [3.8, 4) is 11.5 Å². The zero-order chi connectivity index (χ0) is 15.2. The molecule has 0 aliphatic rings. The van der Waals surface area contributed by atoms with Gasteiger partial charge in [-0.05, 0) is 60.7 Å². The third kappa shape index (κ3) is 4.23. The fraction of sp³-hybridized carbons (Fsp3) is 0.333. The molecular weight excluding hydrogens is 282 g/mol. The largest absolute Gasteiger partial charge is 0.457 e. The topological polar surface area (TPSA) is 35.2 Å². The first-order valence-corrected chi connectivity index (χ1v) is 7.78. The van der Waals surface area contributed by atoms with Gasteiger partial charge in [-0.1, -0.05) is 43.6 Å². The fourth-order valence-corrected chi connectivity index (χ4v) is 2.37. The van der Waals surface area contributed by atoms with E-state index in [0.717, 1.165) is 29.9 Å². The van der Waals surface area contributed by atoms with Crippen LogP contribution in [0.4, 0.5) is 0 Å². The smallest absolute Gasteiger partial charge is 0.132 e. The summed E-state index contributed by atoms with van der Waals surface area (Å²) >= 11 is 6.06. The Hall–Kier alpha value is -1.51. The summed E-state index contributed by atoms with van der Waals surface area (Å²) in [5.41, 5.74) is 8.05. The van der Waals surface area contributed by atoms with Crippen LogP contribution in [0.25, 0.3) is 0 Å². The Bertz CT molecular complexity index is 580. The van der Waals surface area contributed by atoms with Crippen LogP contribution in [0.5, 0.6) is 11.5 Å². The summed E-state index contributed by atoms with van der Waals surface area (Å²) < 4.78 is 5.97. The van der Waals surface area contributed by atoms with Crippen LogP contribution in [-0.4, -0.2) is 6.54 Å². The number of nitrogens with two attached hydrogens (primary N) is 1. The lowest BCUT2D eigenvalue weighted by Crippen LogP contribution is -2.04. The van der Waals surface area contributed by atoms with Crippen LogP contribution in [-0.2, 0) is 6.42 Å². The van der Waals surface area contributed by atoms with Crippen LogP contribution in [0.2, 0.25) is 5.02 Å². The molecule has 0 saturated carbocycles. The van der Waals surface area contributed by atoms with Crippen LogP contribution in [0.3, 0.4) is 0 Å². The summed E-state index contributed by atoms with van der Waals surface area (Å²) in [4.78, 5) is 0. The Labute approximate surface area is 131 Å². The SMILES string of the molecule is CCC(C)c1ccc(Oc2cc(Cl)ccc2CCN)cc1. The first kappa shape index (κ1) is 15.9. The number of rotatable bonds is 6. The zero-order valence-electron chi connectivity index (χ0n) is 12.6. The van der Waals surface area contributed by atoms with Gasteiger partial charge in [0.15, 0.2) is 0 Å². The van der Waals surface area contributed by atoms with Crippen molar-refractivity contribution in [2.45, 2.75) is 32.6 Å². The second kappa shape index (κ2) is 7.48. The first-order chi connectivity index (χ1) is 10.1. The number of ether oxygens (including phenoxy) is 1. The average molecular weight is 304 g/mol. The number of halogens is 1. The average Bonchev–Trinajstić information content (AvgIpc) is 2.50. The molecule has 2 rings (SSSR count). The summed E-state index contributed by atoms with van der Waals surface area (Å²) in [5, 5.41) is 0.669. The lowest BCUT2D eigenvalue weighted by atomic mass is 9.99. The van der Waals surface area contributed by atoms with E-state index in [1.807, 2.05) is 30.3 Å². The van der Waals surface area contributed by atoms with Gasteiger partial charge in [0.25, 0.3) is 0 Å². The summed E-state index contributed by atoms with van der Waals surface area (Å²) in [5.74, 6) is 2.17. The molecule has 1 atom stereocenters. The minimum absolute atomic E-state index is 0.568. The molecule has 0 aliphatic heterocycles. The Morgan fingerprint density at radius 1 is 1.14 bits per heavy atom. The van der Waals surface area contributed by atoms with E-state index in [9.17, 15) is 0 Å². The van der Waals surface area contributed by atoms with Crippen molar-refractivity contribution in [1.82, 2.24) is 0 Å². The van der Waals surface area contributed by atoms with E-state index in [2.05, 4.69) is 26.0 Å². The predicted octanol–water partition coefficient (Wildman–Crippen LogP) is 5.15. The van der Waals surface area contributed by atoms with Crippen LogP contribution in [0.1, 0.15) is 37.3 Å². The highest BCUT2D eigenvalue weighted by Crippen LogP contribution is 2.30. The second-order valence-electron chi connectivity index (χ2n) is 5.27. The quantitative estimate of drug-likeness (QED) is 0.801. The third-order valence-corrected chi connectivity index (χ3v) is 3.97. The molecule has 2 nitrogen and oxygen atoms in total. The molecular formula is C18H22ClNO. The maximum absolute atomic E-state index is 6.06. The van der Waals surface area contributed by atoms with Crippen LogP contribution < -0.4 is 10.5 Å². The maximum Gasteiger partial charge on any atom is 0.132 e. The normalized spacial score (nSPS) is 12.2. The van der Waals surface area contributed by atoms with Gasteiger partial charge in [-0.2, -0.15) is 0 Å². The lowest BCUT2D eigenvalue weighted by molar-refractivity contribution is 0.476. The molecule has 0 amide bonds. The Morgan fingerprint density at radius 2 is 1.86 bits per heavy atom. The standard InChI is InChI=1S/C18H22ClNO/c1-3-13(2)14-5-8-17(9-6-14)21-18-12-16(19)7-4-15(18)10-11-20/h4-9,12-13H,3,10-11,20H2,1-2H3. The van der Waals surface area contributed by atoms with Crippen molar-refractivity contribution in [3.05, 3.63) is 58.6 Å². The van der Waals surface area contributed by atoms with Gasteiger partial charge in [-0.3, -0.25) is 0 Å². The van der Waals surface area contributed by atoms with E-state index >= 15 is 0 Å². The van der Waals surface area contributed by atoms with Crippen LogP contribution >= 0.6 is 11.6 Å². The molecule has 0 aliphatic carbocycles. The molecule has 3 heteroatoms. The van der Waals surface area contributed by atoms with E-state index < -0.39 is 0 Å². The lowest BCUT2D eigenvalue weighted by Gasteiger charge is -2.13. The maximum atomic E-state index is 6.06. The number of benzene rings is 2. The molecule has 0 bridgehead atoms. The van der Waals surface area contributed by atoms with Crippen molar-refractivity contribution in [3.63, 3.8) is 0 Å². The van der Waals surface area contributed by atoms with E-state index in [0.29, 0.717) is 17.5 Å². The molecule has 0 heterocycles. The second-order valence-corrected chi connectivity index (χ2v) is 5.71. The van der Waals surface area contributed by atoms with Gasteiger partial charge in [-0.15, -0.1) is 0 Å². The van der Waals surface area contributed by atoms with Crippen molar-refractivity contribution in [2.24, 2.45) is 5.73 Å². The molecule has 0 spiro atoms. The Balaban J connectivity index is 2.19. The van der Waals surface area contributed by atoms with Crippen molar-refractivity contribution in [2.75, 3.05) is 6.54 Å². The highest BCUT2D eigenvalue weighted by Gasteiger charge is 2.07. The highest BCUT2D eigenvalue weighted by atomic mass is 35.5. The molecule has 0 radical (unpaired) electrons. The molecule has 0 aromatic heterocycles. The first-order valence-electron chi connectivity index (χ1n) is 7.40. The molecule has 0 fully saturated rings. The van der Waals surface area contributed by atoms with Gasteiger partial charge in [0.05, 0.1) is 0 Å². The van der Waals surface area contributed by atoms with Gasteiger partial charge in [0.1, 0.15) is 11.5 Å². The monoisotopic (exact) mass is 303 g/mol. The van der Waals surface area contributed by atoms with Crippen LogP contribution in [0, 0.1) is 0 Å². The van der Waals surface area contributed by atoms with Crippen molar-refractivity contribution >= 4 is 11.6 Å². The molecule has 21 heavy (non-hydrogen) atoms. The third-order valence-electron chi connectivity index (χ3n) is 3.73. The molecule has 112 valence electrons. The van der Waals surface area contributed by atoms with E-state index in [1.54, 1.807) is 0 Å². The number of hydrogen-bond acceptors (Lipinski definition) is 2. The molecule has 2 aromatic rings. The Kier molecular flexibility index (Phi) is 5.66. The van der Waals surface area contributed by atoms with Gasteiger partial charge in [-0.25, -0.2) is 0 Å². The molecule has 2 aromatic carbocycles. The minimum Gasteiger partial charge on any atom is -0.457 e. The molecule has 0 saturated heterocycles. The molecule has 1 unspecified atom stereocenters. The summed E-state index contributed by atoms with van der Waals surface area (Å²) in [6.45, 7) is 5.01. The fourth-order valence-electron chi connectivity index (χ4n) is 2.21.